The van der Waals surface area contributed by atoms with Gasteiger partial charge < -0.3 is 19.2 Å². The van der Waals surface area contributed by atoms with Gasteiger partial charge in [0, 0.05) is 25.0 Å². The van der Waals surface area contributed by atoms with Gasteiger partial charge in [0.25, 0.3) is 5.91 Å². The Morgan fingerprint density at radius 3 is 2.73 bits per heavy atom. The fourth-order valence-corrected chi connectivity index (χ4v) is 3.22. The summed E-state index contributed by atoms with van der Waals surface area (Å²) >= 11 is 0. The smallest absolute Gasteiger partial charge is 0.317 e. The molecule has 1 fully saturated rings. The minimum Gasteiger partial charge on any atom is -0.480 e. The topological polar surface area (TPSA) is 83.2 Å². The lowest BCUT2D eigenvalue weighted by Crippen LogP contribution is -2.49. The molecule has 0 bridgehead atoms. The zero-order valence-corrected chi connectivity index (χ0v) is 15.3. The molecule has 2 aromatic rings. The van der Waals surface area contributed by atoms with Crippen LogP contribution in [0.4, 0.5) is 0 Å². The average molecular weight is 360 g/mol. The van der Waals surface area contributed by atoms with Crippen LogP contribution in [0, 0.1) is 13.8 Å². The van der Waals surface area contributed by atoms with Crippen molar-refractivity contribution in [2.75, 3.05) is 39.8 Å². The molecule has 3 rings (SSSR count). The molecule has 7 heteroatoms. The molecule has 1 aromatic heterocycles. The summed E-state index contributed by atoms with van der Waals surface area (Å²) in [5, 5.41) is 9.77. The molecular weight excluding hydrogens is 336 g/mol. The van der Waals surface area contributed by atoms with E-state index in [1.807, 2.05) is 26.0 Å². The maximum absolute atomic E-state index is 12.8. The Hall–Kier alpha value is -2.38. The zero-order valence-electron chi connectivity index (χ0n) is 15.3. The number of nitrogens with zero attached hydrogens (tertiary/aromatic N) is 2. The molecule has 7 nitrogen and oxygen atoms in total. The number of ether oxygens (including phenoxy) is 1. The van der Waals surface area contributed by atoms with Crippen LogP contribution in [0.1, 0.15) is 21.7 Å². The van der Waals surface area contributed by atoms with Crippen molar-refractivity contribution >= 4 is 22.8 Å². The standard InChI is InChI=1S/C19H24N2O5/c1-12-6-14-8-17(26-16(14)7-13(12)2)19(24)21-4-5-25-15(10-21)9-20(3)11-18(22)23/h6-8,15H,4-5,9-11H2,1-3H3,(H,22,23)/t15-/m0/s1. The summed E-state index contributed by atoms with van der Waals surface area (Å²) in [5.41, 5.74) is 2.99. The first-order valence-electron chi connectivity index (χ1n) is 8.65. The molecule has 1 N–H and O–H groups in total. The van der Waals surface area contributed by atoms with E-state index in [-0.39, 0.29) is 18.6 Å². The number of morpholine rings is 1. The maximum atomic E-state index is 12.8. The van der Waals surface area contributed by atoms with Gasteiger partial charge in [-0.3, -0.25) is 14.5 Å². The van der Waals surface area contributed by atoms with Gasteiger partial charge in [-0.1, -0.05) is 0 Å². The van der Waals surface area contributed by atoms with Crippen molar-refractivity contribution < 1.29 is 23.8 Å². The van der Waals surface area contributed by atoms with Crippen LogP contribution in [0.15, 0.2) is 22.6 Å². The number of benzene rings is 1. The molecule has 0 spiro atoms. The number of aryl methyl sites for hydroxylation is 2. The van der Waals surface area contributed by atoms with E-state index < -0.39 is 5.97 Å². The molecule has 1 amide bonds. The van der Waals surface area contributed by atoms with Crippen LogP contribution < -0.4 is 0 Å². The monoisotopic (exact) mass is 360 g/mol. The number of carbonyl (C=O) groups is 2. The first-order valence-corrected chi connectivity index (χ1v) is 8.65. The summed E-state index contributed by atoms with van der Waals surface area (Å²) in [6.07, 6.45) is -0.217. The van der Waals surface area contributed by atoms with Crippen molar-refractivity contribution in [2.24, 2.45) is 0 Å². The van der Waals surface area contributed by atoms with E-state index in [2.05, 4.69) is 0 Å². The third-order valence-electron chi connectivity index (χ3n) is 4.69. The SMILES string of the molecule is Cc1cc2cc(C(=O)N3CCO[C@@H](CN(C)CC(=O)O)C3)oc2cc1C. The molecule has 0 saturated carbocycles. The number of carbonyl (C=O) groups excluding carboxylic acids is 1. The van der Waals surface area contributed by atoms with Crippen LogP contribution >= 0.6 is 0 Å². The molecule has 0 unspecified atom stereocenters. The molecule has 1 aromatic carbocycles. The molecule has 26 heavy (non-hydrogen) atoms. The highest BCUT2D eigenvalue weighted by Gasteiger charge is 2.28. The van der Waals surface area contributed by atoms with Crippen LogP contribution in [0.2, 0.25) is 0 Å². The third kappa shape index (κ3) is 4.05. The first kappa shape index (κ1) is 18.4. The van der Waals surface area contributed by atoms with Gasteiger partial charge in [-0.2, -0.15) is 0 Å². The van der Waals surface area contributed by atoms with Crippen LogP contribution in [0.25, 0.3) is 11.0 Å². The molecule has 0 aliphatic carbocycles. The van der Waals surface area contributed by atoms with Crippen LogP contribution in [-0.4, -0.2) is 72.7 Å². The molecule has 0 radical (unpaired) electrons. The second-order valence-corrected chi connectivity index (χ2v) is 6.92. The summed E-state index contributed by atoms with van der Waals surface area (Å²) < 4.78 is 11.4. The van der Waals surface area contributed by atoms with E-state index in [0.717, 1.165) is 16.5 Å². The maximum Gasteiger partial charge on any atom is 0.317 e. The first-order chi connectivity index (χ1) is 12.3. The Bertz CT molecular complexity index is 790. The minimum absolute atomic E-state index is 0.0594. The van der Waals surface area contributed by atoms with Gasteiger partial charge in [0.1, 0.15) is 5.58 Å². The average Bonchev–Trinajstić information content (AvgIpc) is 2.96. The highest BCUT2D eigenvalue weighted by molar-refractivity contribution is 5.96. The van der Waals surface area contributed by atoms with Gasteiger partial charge in [0.05, 0.1) is 19.3 Å². The Morgan fingerprint density at radius 1 is 1.27 bits per heavy atom. The number of carboxylic acids is 1. The quantitative estimate of drug-likeness (QED) is 0.877. The van der Waals surface area contributed by atoms with Crippen LogP contribution in [0.3, 0.4) is 0 Å². The Morgan fingerprint density at radius 2 is 2.00 bits per heavy atom. The summed E-state index contributed by atoms with van der Waals surface area (Å²) in [4.78, 5) is 27.0. The Balaban J connectivity index is 1.70. The van der Waals surface area contributed by atoms with Crippen molar-refractivity contribution in [3.05, 3.63) is 35.1 Å². The molecule has 2 heterocycles. The predicted molar refractivity (Wildman–Crippen MR) is 96.5 cm³/mol. The minimum atomic E-state index is -0.885. The number of aliphatic carboxylic acids is 1. The van der Waals surface area contributed by atoms with Gasteiger partial charge in [0.2, 0.25) is 0 Å². The van der Waals surface area contributed by atoms with Crippen molar-refractivity contribution in [3.63, 3.8) is 0 Å². The zero-order chi connectivity index (χ0) is 18.8. The number of hydrogen-bond donors (Lipinski definition) is 1. The van der Waals surface area contributed by atoms with E-state index in [0.29, 0.717) is 37.6 Å². The Kier molecular flexibility index (Phi) is 5.29. The van der Waals surface area contributed by atoms with Crippen LogP contribution in [0.5, 0.6) is 0 Å². The number of carboxylic acid groups (broad SMARTS) is 1. The van der Waals surface area contributed by atoms with E-state index in [9.17, 15) is 9.59 Å². The molecular formula is C19H24N2O5. The molecule has 1 saturated heterocycles. The van der Waals surface area contributed by atoms with E-state index >= 15 is 0 Å². The van der Waals surface area contributed by atoms with Gasteiger partial charge in [-0.25, -0.2) is 0 Å². The van der Waals surface area contributed by atoms with Gasteiger partial charge in [-0.15, -0.1) is 0 Å². The molecule has 1 atom stereocenters. The lowest BCUT2D eigenvalue weighted by Gasteiger charge is -2.34. The van der Waals surface area contributed by atoms with Gasteiger partial charge in [-0.05, 0) is 50.2 Å². The fraction of sp³-hybridized carbons (Fsp3) is 0.474. The van der Waals surface area contributed by atoms with Gasteiger partial charge in [0.15, 0.2) is 5.76 Å². The van der Waals surface area contributed by atoms with E-state index in [1.165, 1.54) is 0 Å². The number of amides is 1. The van der Waals surface area contributed by atoms with E-state index in [4.69, 9.17) is 14.3 Å². The second kappa shape index (κ2) is 7.47. The molecule has 140 valence electrons. The van der Waals surface area contributed by atoms with Gasteiger partial charge >= 0.3 is 5.97 Å². The number of rotatable bonds is 5. The summed E-state index contributed by atoms with van der Waals surface area (Å²) in [6, 6.07) is 5.75. The van der Waals surface area contributed by atoms with Crippen molar-refractivity contribution in [2.45, 2.75) is 20.0 Å². The van der Waals surface area contributed by atoms with Crippen LogP contribution in [-0.2, 0) is 9.53 Å². The number of furan rings is 1. The third-order valence-corrected chi connectivity index (χ3v) is 4.69. The second-order valence-electron chi connectivity index (χ2n) is 6.92. The normalized spacial score (nSPS) is 17.8. The highest BCUT2D eigenvalue weighted by atomic mass is 16.5. The molecule has 1 aliphatic rings. The fourth-order valence-electron chi connectivity index (χ4n) is 3.22. The lowest BCUT2D eigenvalue weighted by molar-refractivity contribution is -0.138. The molecule has 1 aliphatic heterocycles. The van der Waals surface area contributed by atoms with Crippen molar-refractivity contribution in [1.82, 2.24) is 9.80 Å². The highest BCUT2D eigenvalue weighted by Crippen LogP contribution is 2.24. The van der Waals surface area contributed by atoms with E-state index in [1.54, 1.807) is 22.9 Å². The number of hydrogen-bond acceptors (Lipinski definition) is 5. The van der Waals surface area contributed by atoms with Crippen molar-refractivity contribution in [3.8, 4) is 0 Å². The summed E-state index contributed by atoms with van der Waals surface area (Å²) in [5.74, 6) is -0.723. The number of likely N-dealkylation sites (N-methyl/N-ethyl adjacent to an activating group) is 1. The number of fused-ring (bicyclic) bond motifs is 1. The largest absolute Gasteiger partial charge is 0.480 e. The lowest BCUT2D eigenvalue weighted by atomic mass is 10.1. The summed E-state index contributed by atoms with van der Waals surface area (Å²) in [6.45, 7) is 5.77. The summed E-state index contributed by atoms with van der Waals surface area (Å²) in [7, 11) is 1.72. The Labute approximate surface area is 152 Å². The van der Waals surface area contributed by atoms with Crippen molar-refractivity contribution in [1.29, 1.82) is 0 Å². The predicted octanol–water partition coefficient (Wildman–Crippen LogP) is 1.91.